The van der Waals surface area contributed by atoms with Gasteiger partial charge in [-0.25, -0.2) is 0 Å². The molecule has 0 aliphatic carbocycles. The first-order valence-corrected chi connectivity index (χ1v) is 5.46. The van der Waals surface area contributed by atoms with Crippen LogP contribution in [0.4, 0.5) is 0 Å². The van der Waals surface area contributed by atoms with Gasteiger partial charge in [0.05, 0.1) is 17.7 Å². The Balaban J connectivity index is 2.66. The van der Waals surface area contributed by atoms with Crippen LogP contribution in [0.2, 0.25) is 0 Å². The maximum Gasteiger partial charge on any atom is 0.308 e. The van der Waals surface area contributed by atoms with Crippen molar-refractivity contribution in [3.63, 3.8) is 0 Å². The third-order valence-electron chi connectivity index (χ3n) is 2.52. The van der Waals surface area contributed by atoms with Crippen molar-refractivity contribution in [3.8, 4) is 0 Å². The molecule has 0 spiro atoms. The van der Waals surface area contributed by atoms with Crippen molar-refractivity contribution in [2.45, 2.75) is 20.4 Å². The predicted molar refractivity (Wildman–Crippen MR) is 61.7 cm³/mol. The molecule has 1 unspecified atom stereocenters. The zero-order chi connectivity index (χ0) is 13.0. The molecule has 6 heteroatoms. The van der Waals surface area contributed by atoms with Gasteiger partial charge >= 0.3 is 5.97 Å². The van der Waals surface area contributed by atoms with E-state index in [9.17, 15) is 9.59 Å². The van der Waals surface area contributed by atoms with E-state index in [1.54, 1.807) is 24.9 Å². The molecule has 0 bridgehead atoms. The van der Waals surface area contributed by atoms with Gasteiger partial charge in [-0.15, -0.1) is 0 Å². The molecule has 1 N–H and O–H groups in total. The van der Waals surface area contributed by atoms with Gasteiger partial charge in [0.25, 0.3) is 5.91 Å². The second kappa shape index (κ2) is 5.47. The number of carbonyl (C=O) groups excluding carboxylic acids is 1. The quantitative estimate of drug-likeness (QED) is 0.820. The molecule has 1 heterocycles. The van der Waals surface area contributed by atoms with E-state index < -0.39 is 11.9 Å². The topological polar surface area (TPSA) is 75.4 Å². The van der Waals surface area contributed by atoms with Crippen molar-refractivity contribution in [3.05, 3.63) is 18.0 Å². The van der Waals surface area contributed by atoms with Crippen LogP contribution in [0.5, 0.6) is 0 Å². The highest BCUT2D eigenvalue weighted by Crippen LogP contribution is 2.05. The minimum Gasteiger partial charge on any atom is -0.481 e. The van der Waals surface area contributed by atoms with E-state index in [4.69, 9.17) is 5.11 Å². The summed E-state index contributed by atoms with van der Waals surface area (Å²) in [6.45, 7) is 4.38. The first-order chi connectivity index (χ1) is 7.95. The molecule has 0 radical (unpaired) electrons. The van der Waals surface area contributed by atoms with Crippen LogP contribution in [0.3, 0.4) is 0 Å². The third kappa shape index (κ3) is 3.30. The number of aromatic nitrogens is 2. The SMILES string of the molecule is CCn1cc(C(=O)N(C)CC(C)C(=O)O)cn1. The van der Waals surface area contributed by atoms with Gasteiger partial charge in [-0.1, -0.05) is 6.92 Å². The second-order valence-electron chi connectivity index (χ2n) is 4.01. The molecule has 1 atom stereocenters. The standard InChI is InChI=1S/C11H17N3O3/c1-4-14-7-9(5-12-14)10(15)13(3)6-8(2)11(16)17/h5,7-8H,4,6H2,1-3H3,(H,16,17). The molecule has 0 saturated heterocycles. The number of carboxylic acids is 1. The number of hydrogen-bond donors (Lipinski definition) is 1. The molecule has 0 saturated carbocycles. The molecule has 1 aromatic rings. The van der Waals surface area contributed by atoms with Crippen molar-refractivity contribution in [1.82, 2.24) is 14.7 Å². The highest BCUT2D eigenvalue weighted by Gasteiger charge is 2.19. The summed E-state index contributed by atoms with van der Waals surface area (Å²) in [6.07, 6.45) is 3.15. The highest BCUT2D eigenvalue weighted by atomic mass is 16.4. The number of nitrogens with zero attached hydrogens (tertiary/aromatic N) is 3. The number of carboxylic acid groups (broad SMARTS) is 1. The van der Waals surface area contributed by atoms with Gasteiger partial charge < -0.3 is 10.0 Å². The number of amides is 1. The number of rotatable bonds is 5. The van der Waals surface area contributed by atoms with Gasteiger partial charge in [0.1, 0.15) is 0 Å². The lowest BCUT2D eigenvalue weighted by molar-refractivity contribution is -0.141. The average molecular weight is 239 g/mol. The van der Waals surface area contributed by atoms with Gasteiger partial charge in [-0.05, 0) is 6.92 Å². The molecule has 1 rings (SSSR count). The minimum atomic E-state index is -0.908. The zero-order valence-corrected chi connectivity index (χ0v) is 10.3. The molecule has 0 aliphatic heterocycles. The van der Waals surface area contributed by atoms with Gasteiger partial charge in [0.2, 0.25) is 0 Å². The maximum absolute atomic E-state index is 11.9. The molecule has 1 aromatic heterocycles. The molecule has 94 valence electrons. The van der Waals surface area contributed by atoms with Crippen molar-refractivity contribution in [2.24, 2.45) is 5.92 Å². The number of hydrogen-bond acceptors (Lipinski definition) is 3. The minimum absolute atomic E-state index is 0.186. The van der Waals surface area contributed by atoms with Crippen LogP contribution < -0.4 is 0 Å². The molecular weight excluding hydrogens is 222 g/mol. The Bertz CT molecular complexity index is 414. The maximum atomic E-state index is 11.9. The largest absolute Gasteiger partial charge is 0.481 e. The van der Waals surface area contributed by atoms with Crippen molar-refractivity contribution in [1.29, 1.82) is 0 Å². The fraction of sp³-hybridized carbons (Fsp3) is 0.545. The number of aryl methyl sites for hydroxylation is 1. The smallest absolute Gasteiger partial charge is 0.308 e. The Morgan fingerprint density at radius 2 is 2.24 bits per heavy atom. The van der Waals surface area contributed by atoms with Crippen LogP contribution in [-0.2, 0) is 11.3 Å². The van der Waals surface area contributed by atoms with E-state index in [0.717, 1.165) is 0 Å². The molecule has 6 nitrogen and oxygen atoms in total. The molecule has 0 aliphatic rings. The second-order valence-corrected chi connectivity index (χ2v) is 4.01. The van der Waals surface area contributed by atoms with Gasteiger partial charge in [-0.2, -0.15) is 5.10 Å². The first-order valence-electron chi connectivity index (χ1n) is 5.46. The summed E-state index contributed by atoms with van der Waals surface area (Å²) in [5.74, 6) is -1.70. The Labute approximate surface area is 99.8 Å². The predicted octanol–water partition coefficient (Wildman–Crippen LogP) is 0.696. The van der Waals surface area contributed by atoms with Crippen LogP contribution in [0, 0.1) is 5.92 Å². The number of aliphatic carboxylic acids is 1. The Morgan fingerprint density at radius 3 is 2.71 bits per heavy atom. The van der Waals surface area contributed by atoms with Crippen LogP contribution in [0.15, 0.2) is 12.4 Å². The summed E-state index contributed by atoms with van der Waals surface area (Å²) in [5, 5.41) is 12.8. The van der Waals surface area contributed by atoms with Crippen LogP contribution in [0.25, 0.3) is 0 Å². The summed E-state index contributed by atoms with van der Waals surface area (Å²) in [7, 11) is 1.59. The monoisotopic (exact) mass is 239 g/mol. The van der Waals surface area contributed by atoms with Crippen molar-refractivity contribution in [2.75, 3.05) is 13.6 Å². The van der Waals surface area contributed by atoms with Crippen LogP contribution >= 0.6 is 0 Å². The zero-order valence-electron chi connectivity index (χ0n) is 10.3. The van der Waals surface area contributed by atoms with Crippen molar-refractivity contribution < 1.29 is 14.7 Å². The van der Waals surface area contributed by atoms with Gasteiger partial charge in [-0.3, -0.25) is 14.3 Å². The number of carbonyl (C=O) groups is 2. The van der Waals surface area contributed by atoms with E-state index >= 15 is 0 Å². The van der Waals surface area contributed by atoms with E-state index in [-0.39, 0.29) is 12.5 Å². The van der Waals surface area contributed by atoms with E-state index in [1.807, 2.05) is 6.92 Å². The van der Waals surface area contributed by atoms with Crippen molar-refractivity contribution >= 4 is 11.9 Å². The fourth-order valence-corrected chi connectivity index (χ4v) is 1.44. The average Bonchev–Trinajstić information content (AvgIpc) is 2.76. The Hall–Kier alpha value is -1.85. The molecule has 0 fully saturated rings. The first kappa shape index (κ1) is 13.2. The lowest BCUT2D eigenvalue weighted by Crippen LogP contribution is -2.33. The Kier molecular flexibility index (Phi) is 4.25. The molecule has 1 amide bonds. The van der Waals surface area contributed by atoms with Gasteiger partial charge in [0.15, 0.2) is 0 Å². The fourth-order valence-electron chi connectivity index (χ4n) is 1.44. The van der Waals surface area contributed by atoms with E-state index in [1.165, 1.54) is 11.1 Å². The van der Waals surface area contributed by atoms with Gasteiger partial charge in [0, 0.05) is 26.3 Å². The van der Waals surface area contributed by atoms with E-state index in [2.05, 4.69) is 5.10 Å². The molecule has 0 aromatic carbocycles. The summed E-state index contributed by atoms with van der Waals surface area (Å²) >= 11 is 0. The highest BCUT2D eigenvalue weighted by molar-refractivity contribution is 5.93. The van der Waals surface area contributed by atoms with Crippen LogP contribution in [-0.4, -0.2) is 45.3 Å². The normalized spacial score (nSPS) is 12.2. The summed E-state index contributed by atoms with van der Waals surface area (Å²) < 4.78 is 1.65. The Morgan fingerprint density at radius 1 is 1.59 bits per heavy atom. The molecular formula is C11H17N3O3. The summed E-state index contributed by atoms with van der Waals surface area (Å²) in [6, 6.07) is 0. The molecule has 17 heavy (non-hydrogen) atoms. The summed E-state index contributed by atoms with van der Waals surface area (Å²) in [5.41, 5.74) is 0.479. The third-order valence-corrected chi connectivity index (χ3v) is 2.52. The summed E-state index contributed by atoms with van der Waals surface area (Å²) in [4.78, 5) is 24.0. The lowest BCUT2D eigenvalue weighted by atomic mass is 10.1. The van der Waals surface area contributed by atoms with E-state index in [0.29, 0.717) is 12.1 Å². The van der Waals surface area contributed by atoms with Crippen LogP contribution in [0.1, 0.15) is 24.2 Å². The lowest BCUT2D eigenvalue weighted by Gasteiger charge is -2.18.